The van der Waals surface area contributed by atoms with E-state index in [1.54, 1.807) is 17.0 Å². The Bertz CT molecular complexity index is 1060. The minimum Gasteiger partial charge on any atom is -0.381 e. The van der Waals surface area contributed by atoms with E-state index in [2.05, 4.69) is 22.8 Å². The van der Waals surface area contributed by atoms with Crippen molar-refractivity contribution >= 4 is 23.2 Å². The number of halogens is 1. The van der Waals surface area contributed by atoms with Crippen LogP contribution in [0.15, 0.2) is 78.9 Å². The number of amides is 2. The van der Waals surface area contributed by atoms with E-state index in [9.17, 15) is 14.0 Å². The first-order chi connectivity index (χ1) is 16.1. The van der Waals surface area contributed by atoms with Crippen LogP contribution in [0.3, 0.4) is 0 Å². The van der Waals surface area contributed by atoms with Gasteiger partial charge in [-0.15, -0.1) is 0 Å². The molecule has 0 saturated carbocycles. The third kappa shape index (κ3) is 6.42. The highest BCUT2D eigenvalue weighted by molar-refractivity contribution is 6.39. The summed E-state index contributed by atoms with van der Waals surface area (Å²) in [6, 6.07) is 24.0. The lowest BCUT2D eigenvalue weighted by Gasteiger charge is -2.31. The van der Waals surface area contributed by atoms with E-state index < -0.39 is 11.8 Å². The molecule has 1 aliphatic heterocycles. The van der Waals surface area contributed by atoms with E-state index >= 15 is 0 Å². The average molecular weight is 446 g/mol. The van der Waals surface area contributed by atoms with E-state index in [1.165, 1.54) is 17.7 Å². The molecule has 1 aliphatic rings. The summed E-state index contributed by atoms with van der Waals surface area (Å²) in [4.78, 5) is 26.7. The third-order valence-electron chi connectivity index (χ3n) is 6.02. The average Bonchev–Trinajstić information content (AvgIpc) is 2.86. The van der Waals surface area contributed by atoms with Gasteiger partial charge in [-0.25, -0.2) is 4.39 Å². The SMILES string of the molecule is O=C(Nc1ccc(NCc2ccccc2)cc1)C(=O)N1CCC(Cc2ccc(F)cc2)CC1. The summed E-state index contributed by atoms with van der Waals surface area (Å²) in [5.74, 6) is -0.916. The monoisotopic (exact) mass is 445 g/mol. The highest BCUT2D eigenvalue weighted by Gasteiger charge is 2.27. The number of benzene rings is 3. The lowest BCUT2D eigenvalue weighted by molar-refractivity contribution is -0.144. The normalized spacial score (nSPS) is 14.0. The summed E-state index contributed by atoms with van der Waals surface area (Å²) in [6.07, 6.45) is 2.52. The number of nitrogens with one attached hydrogen (secondary N) is 2. The Kier molecular flexibility index (Phi) is 7.35. The Labute approximate surface area is 193 Å². The third-order valence-corrected chi connectivity index (χ3v) is 6.02. The van der Waals surface area contributed by atoms with Crippen molar-refractivity contribution in [3.63, 3.8) is 0 Å². The number of anilines is 2. The molecule has 0 unspecified atom stereocenters. The molecule has 0 spiro atoms. The molecule has 1 heterocycles. The summed E-state index contributed by atoms with van der Waals surface area (Å²) in [7, 11) is 0. The topological polar surface area (TPSA) is 61.4 Å². The van der Waals surface area contributed by atoms with Crippen molar-refractivity contribution in [2.45, 2.75) is 25.8 Å². The largest absolute Gasteiger partial charge is 0.381 e. The van der Waals surface area contributed by atoms with Crippen molar-refractivity contribution in [3.8, 4) is 0 Å². The number of hydrogen-bond donors (Lipinski definition) is 2. The van der Waals surface area contributed by atoms with Gasteiger partial charge in [-0.1, -0.05) is 42.5 Å². The summed E-state index contributed by atoms with van der Waals surface area (Å²) in [5.41, 5.74) is 3.80. The Hall–Kier alpha value is -3.67. The van der Waals surface area contributed by atoms with Crippen molar-refractivity contribution in [2.24, 2.45) is 5.92 Å². The van der Waals surface area contributed by atoms with Gasteiger partial charge in [0, 0.05) is 31.0 Å². The number of likely N-dealkylation sites (tertiary alicyclic amines) is 1. The molecule has 1 saturated heterocycles. The molecule has 0 aliphatic carbocycles. The zero-order valence-electron chi connectivity index (χ0n) is 18.5. The van der Waals surface area contributed by atoms with Crippen LogP contribution in [0.1, 0.15) is 24.0 Å². The van der Waals surface area contributed by atoms with E-state index in [1.807, 2.05) is 42.5 Å². The van der Waals surface area contributed by atoms with Crippen LogP contribution in [-0.2, 0) is 22.6 Å². The first kappa shape index (κ1) is 22.5. The number of piperidine rings is 1. The summed E-state index contributed by atoms with van der Waals surface area (Å²) in [6.45, 7) is 1.82. The highest BCUT2D eigenvalue weighted by atomic mass is 19.1. The molecule has 0 aromatic heterocycles. The Morgan fingerprint density at radius 2 is 1.45 bits per heavy atom. The molecule has 2 N–H and O–H groups in total. The number of carbonyl (C=O) groups is 2. The van der Waals surface area contributed by atoms with Crippen LogP contribution < -0.4 is 10.6 Å². The molecular weight excluding hydrogens is 417 g/mol. The van der Waals surface area contributed by atoms with Crippen molar-refractivity contribution in [2.75, 3.05) is 23.7 Å². The first-order valence-corrected chi connectivity index (χ1v) is 11.3. The van der Waals surface area contributed by atoms with Crippen LogP contribution >= 0.6 is 0 Å². The van der Waals surface area contributed by atoms with Crippen LogP contribution in [0.5, 0.6) is 0 Å². The summed E-state index contributed by atoms with van der Waals surface area (Å²) < 4.78 is 13.1. The first-order valence-electron chi connectivity index (χ1n) is 11.3. The molecule has 170 valence electrons. The maximum atomic E-state index is 13.1. The molecule has 1 fully saturated rings. The summed E-state index contributed by atoms with van der Waals surface area (Å²) >= 11 is 0. The van der Waals surface area contributed by atoms with Crippen molar-refractivity contribution < 1.29 is 14.0 Å². The van der Waals surface area contributed by atoms with Gasteiger partial charge in [0.15, 0.2) is 0 Å². The minimum absolute atomic E-state index is 0.233. The molecule has 3 aromatic carbocycles. The zero-order chi connectivity index (χ0) is 23.0. The van der Waals surface area contributed by atoms with E-state index in [0.29, 0.717) is 31.2 Å². The molecule has 0 atom stereocenters. The predicted molar refractivity (Wildman–Crippen MR) is 128 cm³/mol. The van der Waals surface area contributed by atoms with Crippen LogP contribution in [0.2, 0.25) is 0 Å². The number of rotatable bonds is 6. The van der Waals surface area contributed by atoms with E-state index in [0.717, 1.165) is 30.5 Å². The smallest absolute Gasteiger partial charge is 0.313 e. The minimum atomic E-state index is -0.614. The maximum absolute atomic E-state index is 13.1. The standard InChI is InChI=1S/C27H28FN3O2/c28-23-8-6-20(7-9-23)18-21-14-16-31(17-15-21)27(33)26(32)30-25-12-10-24(11-13-25)29-19-22-4-2-1-3-5-22/h1-13,21,29H,14-19H2,(H,30,32). The molecule has 2 amide bonds. The van der Waals surface area contributed by atoms with Gasteiger partial charge in [-0.2, -0.15) is 0 Å². The lowest BCUT2D eigenvalue weighted by atomic mass is 9.90. The van der Waals surface area contributed by atoms with Crippen molar-refractivity contribution in [1.29, 1.82) is 0 Å². The Balaban J connectivity index is 1.22. The van der Waals surface area contributed by atoms with Crippen LogP contribution in [0.4, 0.5) is 15.8 Å². The van der Waals surface area contributed by atoms with Crippen molar-refractivity contribution in [1.82, 2.24) is 4.90 Å². The Morgan fingerprint density at radius 1 is 0.818 bits per heavy atom. The van der Waals surface area contributed by atoms with Gasteiger partial charge < -0.3 is 15.5 Å². The molecular formula is C27H28FN3O2. The number of nitrogens with zero attached hydrogens (tertiary/aromatic N) is 1. The van der Waals surface area contributed by atoms with Gasteiger partial charge >= 0.3 is 11.8 Å². The highest BCUT2D eigenvalue weighted by Crippen LogP contribution is 2.22. The quantitative estimate of drug-likeness (QED) is 0.533. The molecule has 4 rings (SSSR count). The van der Waals surface area contributed by atoms with Crippen LogP contribution in [0, 0.1) is 11.7 Å². The van der Waals surface area contributed by atoms with Gasteiger partial charge in [0.05, 0.1) is 0 Å². The van der Waals surface area contributed by atoms with Crippen LogP contribution in [0.25, 0.3) is 0 Å². The number of hydrogen-bond acceptors (Lipinski definition) is 3. The van der Waals surface area contributed by atoms with Gasteiger partial charge in [-0.3, -0.25) is 9.59 Å². The fourth-order valence-electron chi connectivity index (χ4n) is 4.09. The van der Waals surface area contributed by atoms with Gasteiger partial charge in [-0.05, 0) is 72.7 Å². The second kappa shape index (κ2) is 10.8. The fourth-order valence-corrected chi connectivity index (χ4v) is 4.09. The molecule has 0 bridgehead atoms. The van der Waals surface area contributed by atoms with Gasteiger partial charge in [0.25, 0.3) is 0 Å². The number of carbonyl (C=O) groups excluding carboxylic acids is 2. The fraction of sp³-hybridized carbons (Fsp3) is 0.259. The zero-order valence-corrected chi connectivity index (χ0v) is 18.5. The summed E-state index contributed by atoms with van der Waals surface area (Å²) in [5, 5.41) is 6.04. The molecule has 3 aromatic rings. The second-order valence-corrected chi connectivity index (χ2v) is 8.44. The lowest BCUT2D eigenvalue weighted by Crippen LogP contribution is -2.44. The molecule has 0 radical (unpaired) electrons. The molecule has 33 heavy (non-hydrogen) atoms. The second-order valence-electron chi connectivity index (χ2n) is 8.44. The van der Waals surface area contributed by atoms with Crippen LogP contribution in [-0.4, -0.2) is 29.8 Å². The molecule has 5 nitrogen and oxygen atoms in total. The van der Waals surface area contributed by atoms with Gasteiger partial charge in [0.2, 0.25) is 0 Å². The van der Waals surface area contributed by atoms with E-state index in [-0.39, 0.29) is 5.82 Å². The van der Waals surface area contributed by atoms with Gasteiger partial charge in [0.1, 0.15) is 5.82 Å². The Morgan fingerprint density at radius 3 is 2.12 bits per heavy atom. The predicted octanol–water partition coefficient (Wildman–Crippen LogP) is 4.86. The van der Waals surface area contributed by atoms with E-state index in [4.69, 9.17) is 0 Å². The maximum Gasteiger partial charge on any atom is 0.313 e. The molecule has 6 heteroatoms. The van der Waals surface area contributed by atoms with Crippen molar-refractivity contribution in [3.05, 3.63) is 95.8 Å².